The van der Waals surface area contributed by atoms with Crippen LogP contribution in [0.5, 0.6) is 0 Å². The molecular weight excluding hydrogens is 331 g/mol. The van der Waals surface area contributed by atoms with Gasteiger partial charge >= 0.3 is 0 Å². The fourth-order valence-corrected chi connectivity index (χ4v) is 3.07. The monoisotopic (exact) mass is 343 g/mol. The highest BCUT2D eigenvalue weighted by Crippen LogP contribution is 2.39. The molecule has 25 heavy (non-hydrogen) atoms. The summed E-state index contributed by atoms with van der Waals surface area (Å²) < 4.78 is 41.6. The van der Waals surface area contributed by atoms with Gasteiger partial charge in [0.15, 0.2) is 11.5 Å². The Morgan fingerprint density at radius 2 is 2.04 bits per heavy atom. The number of hydrogen-bond donors (Lipinski definition) is 1. The minimum absolute atomic E-state index is 0.119. The molecule has 0 radical (unpaired) electrons. The number of rotatable bonds is 3. The van der Waals surface area contributed by atoms with E-state index in [0.29, 0.717) is 22.7 Å². The Kier molecular flexibility index (Phi) is 2.92. The number of fused-ring (bicyclic) bond motifs is 2. The zero-order valence-electron chi connectivity index (χ0n) is 12.9. The molecule has 0 saturated heterocycles. The van der Waals surface area contributed by atoms with Crippen molar-refractivity contribution >= 4 is 16.7 Å². The number of aromatic amines is 1. The van der Waals surface area contributed by atoms with E-state index in [4.69, 9.17) is 0 Å². The van der Waals surface area contributed by atoms with Crippen molar-refractivity contribution in [3.05, 3.63) is 48.2 Å². The number of halogens is 3. The van der Waals surface area contributed by atoms with Crippen LogP contribution in [-0.4, -0.2) is 24.3 Å². The van der Waals surface area contributed by atoms with Crippen molar-refractivity contribution in [1.82, 2.24) is 24.3 Å². The van der Waals surface area contributed by atoms with Crippen LogP contribution in [0.1, 0.15) is 36.7 Å². The van der Waals surface area contributed by atoms with E-state index in [0.717, 1.165) is 34.6 Å². The van der Waals surface area contributed by atoms with E-state index in [-0.39, 0.29) is 11.3 Å². The normalized spacial score (nSPS) is 14.9. The minimum atomic E-state index is -2.74. The lowest BCUT2D eigenvalue weighted by Crippen LogP contribution is -1.96. The molecule has 4 heterocycles. The summed E-state index contributed by atoms with van der Waals surface area (Å²) in [5.41, 5.74) is 1.31. The number of pyridine rings is 1. The number of aromatic nitrogens is 5. The molecule has 1 fully saturated rings. The summed E-state index contributed by atoms with van der Waals surface area (Å²) in [6.07, 6.45) is 5.30. The third kappa shape index (κ3) is 2.20. The topological polar surface area (TPSA) is 58.9 Å². The number of H-pyrrole nitrogens is 1. The average molecular weight is 343 g/mol. The molecule has 8 heteroatoms. The predicted octanol–water partition coefficient (Wildman–Crippen LogP) is 4.23. The molecule has 5 rings (SSSR count). The van der Waals surface area contributed by atoms with Crippen molar-refractivity contribution in [3.63, 3.8) is 0 Å². The molecule has 1 aliphatic rings. The van der Waals surface area contributed by atoms with Crippen molar-refractivity contribution in [2.75, 3.05) is 0 Å². The Morgan fingerprint density at radius 1 is 1.20 bits per heavy atom. The van der Waals surface area contributed by atoms with Crippen LogP contribution in [0.2, 0.25) is 0 Å². The van der Waals surface area contributed by atoms with Crippen LogP contribution >= 0.6 is 0 Å². The van der Waals surface area contributed by atoms with Crippen LogP contribution in [0.4, 0.5) is 13.2 Å². The number of nitrogens with one attached hydrogen (secondary N) is 1. The molecule has 0 aromatic carbocycles. The molecule has 0 amide bonds. The maximum Gasteiger partial charge on any atom is 0.280 e. The first-order valence-corrected chi connectivity index (χ1v) is 7.91. The average Bonchev–Trinajstić information content (AvgIpc) is 3.21. The van der Waals surface area contributed by atoms with Gasteiger partial charge in [0.05, 0.1) is 6.20 Å². The maximum absolute atomic E-state index is 14.3. The summed E-state index contributed by atoms with van der Waals surface area (Å²) in [6.45, 7) is 0. The lowest BCUT2D eigenvalue weighted by Gasteiger charge is -2.05. The van der Waals surface area contributed by atoms with Gasteiger partial charge in [-0.1, -0.05) is 0 Å². The second-order valence-electron chi connectivity index (χ2n) is 6.22. The summed E-state index contributed by atoms with van der Waals surface area (Å²) in [5, 5.41) is 0.724. The molecule has 0 bridgehead atoms. The molecular formula is C17H12F3N5. The Balaban J connectivity index is 1.69. The third-order valence-corrected chi connectivity index (χ3v) is 4.52. The summed E-state index contributed by atoms with van der Waals surface area (Å²) in [6, 6.07) is 1.29. The molecule has 1 aliphatic carbocycles. The zero-order valence-corrected chi connectivity index (χ0v) is 12.9. The Hall–Kier alpha value is -2.90. The Morgan fingerprint density at radius 3 is 2.80 bits per heavy atom. The standard InChI is InChI=1S/C17H12F3N5/c18-12-3-9(7-25-13(14(19)20)6-23-17(12)25)10-4-22-16-11(10)5-21-15(24-16)8-1-2-8/h3-8,14H,1-2H2,(H,21,22,24). The third-order valence-electron chi connectivity index (χ3n) is 4.52. The molecule has 0 aliphatic heterocycles. The van der Waals surface area contributed by atoms with E-state index in [1.54, 1.807) is 12.4 Å². The second kappa shape index (κ2) is 5.05. The first kappa shape index (κ1) is 14.4. The molecule has 1 saturated carbocycles. The fourth-order valence-electron chi connectivity index (χ4n) is 3.07. The van der Waals surface area contributed by atoms with Gasteiger partial charge in [-0.05, 0) is 18.9 Å². The molecule has 5 nitrogen and oxygen atoms in total. The summed E-state index contributed by atoms with van der Waals surface area (Å²) in [4.78, 5) is 15.7. The first-order valence-electron chi connectivity index (χ1n) is 7.91. The number of alkyl halides is 2. The number of nitrogens with zero attached hydrogens (tertiary/aromatic N) is 4. The number of hydrogen-bond acceptors (Lipinski definition) is 3. The van der Waals surface area contributed by atoms with Crippen molar-refractivity contribution < 1.29 is 13.2 Å². The van der Waals surface area contributed by atoms with Gasteiger partial charge in [-0.2, -0.15) is 0 Å². The van der Waals surface area contributed by atoms with E-state index in [2.05, 4.69) is 19.9 Å². The molecule has 0 atom stereocenters. The van der Waals surface area contributed by atoms with Gasteiger partial charge in [0.25, 0.3) is 6.43 Å². The van der Waals surface area contributed by atoms with Crippen molar-refractivity contribution in [2.24, 2.45) is 0 Å². The van der Waals surface area contributed by atoms with Crippen LogP contribution < -0.4 is 0 Å². The van der Waals surface area contributed by atoms with E-state index in [1.165, 1.54) is 12.3 Å². The summed E-state index contributed by atoms with van der Waals surface area (Å²) >= 11 is 0. The highest BCUT2D eigenvalue weighted by Gasteiger charge is 2.27. The highest BCUT2D eigenvalue weighted by atomic mass is 19.3. The molecule has 0 spiro atoms. The quantitative estimate of drug-likeness (QED) is 0.606. The van der Waals surface area contributed by atoms with E-state index >= 15 is 0 Å². The van der Waals surface area contributed by atoms with Crippen molar-refractivity contribution in [3.8, 4) is 11.1 Å². The van der Waals surface area contributed by atoms with Gasteiger partial charge in [-0.25, -0.2) is 28.1 Å². The molecule has 4 aromatic heterocycles. The van der Waals surface area contributed by atoms with Gasteiger partial charge in [-0.15, -0.1) is 0 Å². The zero-order chi connectivity index (χ0) is 17.1. The van der Waals surface area contributed by atoms with E-state index in [9.17, 15) is 13.2 Å². The minimum Gasteiger partial charge on any atom is -0.345 e. The van der Waals surface area contributed by atoms with E-state index in [1.807, 2.05) is 0 Å². The molecule has 4 aromatic rings. The smallest absolute Gasteiger partial charge is 0.280 e. The fraction of sp³-hybridized carbons (Fsp3) is 0.235. The van der Waals surface area contributed by atoms with E-state index < -0.39 is 12.2 Å². The van der Waals surface area contributed by atoms with Gasteiger partial charge in [-0.3, -0.25) is 4.40 Å². The first-order chi connectivity index (χ1) is 12.1. The highest BCUT2D eigenvalue weighted by molar-refractivity contribution is 5.93. The van der Waals surface area contributed by atoms with Crippen LogP contribution in [-0.2, 0) is 0 Å². The Labute approximate surface area is 139 Å². The molecule has 1 N–H and O–H groups in total. The predicted molar refractivity (Wildman–Crippen MR) is 85.0 cm³/mol. The number of imidazole rings is 1. The van der Waals surface area contributed by atoms with Crippen LogP contribution in [0.15, 0.2) is 30.9 Å². The van der Waals surface area contributed by atoms with Crippen LogP contribution in [0.25, 0.3) is 27.8 Å². The molecule has 126 valence electrons. The van der Waals surface area contributed by atoms with Crippen LogP contribution in [0.3, 0.4) is 0 Å². The van der Waals surface area contributed by atoms with Gasteiger partial charge in [0, 0.05) is 41.0 Å². The Bertz CT molecular complexity index is 1110. The lowest BCUT2D eigenvalue weighted by molar-refractivity contribution is 0.145. The maximum atomic E-state index is 14.3. The van der Waals surface area contributed by atoms with Gasteiger partial charge in [0.2, 0.25) is 0 Å². The molecule has 0 unspecified atom stereocenters. The van der Waals surface area contributed by atoms with Gasteiger partial charge < -0.3 is 4.98 Å². The van der Waals surface area contributed by atoms with Gasteiger partial charge in [0.1, 0.15) is 17.2 Å². The van der Waals surface area contributed by atoms with Crippen molar-refractivity contribution in [2.45, 2.75) is 25.2 Å². The SMILES string of the molecule is Fc1cc(-c2c[nH]c3nc(C4CC4)ncc23)cn2c(C(F)F)cnc12. The second-order valence-corrected chi connectivity index (χ2v) is 6.22. The van der Waals surface area contributed by atoms with Crippen molar-refractivity contribution in [1.29, 1.82) is 0 Å². The summed E-state index contributed by atoms with van der Waals surface area (Å²) in [5.74, 6) is 0.566. The largest absolute Gasteiger partial charge is 0.345 e. The summed E-state index contributed by atoms with van der Waals surface area (Å²) in [7, 11) is 0. The van der Waals surface area contributed by atoms with Crippen LogP contribution in [0, 0.1) is 5.82 Å². The lowest BCUT2D eigenvalue weighted by atomic mass is 10.1.